The van der Waals surface area contributed by atoms with Crippen molar-refractivity contribution in [3.05, 3.63) is 35.4 Å². The summed E-state index contributed by atoms with van der Waals surface area (Å²) in [6.07, 6.45) is 0.522. The molecule has 0 aromatic heterocycles. The van der Waals surface area contributed by atoms with Crippen LogP contribution in [0.4, 0.5) is 0 Å². The Kier molecular flexibility index (Phi) is 5.97. The second kappa shape index (κ2) is 6.43. The van der Waals surface area contributed by atoms with Crippen LogP contribution in [-0.4, -0.2) is 19.1 Å². The van der Waals surface area contributed by atoms with Crippen molar-refractivity contribution in [2.75, 3.05) is 7.11 Å². The van der Waals surface area contributed by atoms with Gasteiger partial charge < -0.3 is 10.5 Å². The lowest BCUT2D eigenvalue weighted by atomic mass is 10.0. The fraction of sp³-hybridized carbons (Fsp3) is 0.364. The summed E-state index contributed by atoms with van der Waals surface area (Å²) in [5.74, 6) is -0.369. The summed E-state index contributed by atoms with van der Waals surface area (Å²) < 4.78 is 4.55. The van der Waals surface area contributed by atoms with Crippen LogP contribution in [0.1, 0.15) is 11.1 Å². The molecule has 0 bridgehead atoms. The lowest BCUT2D eigenvalue weighted by molar-refractivity contribution is -0.142. The van der Waals surface area contributed by atoms with Crippen LogP contribution in [0.15, 0.2) is 24.3 Å². The van der Waals surface area contributed by atoms with Crippen LogP contribution in [0.3, 0.4) is 0 Å². The van der Waals surface area contributed by atoms with Crippen LogP contribution in [0.25, 0.3) is 0 Å². The van der Waals surface area contributed by atoms with Crippen molar-refractivity contribution in [1.82, 2.24) is 0 Å². The number of methoxy groups -OCH3 is 1. The molecule has 0 aliphatic carbocycles. The van der Waals surface area contributed by atoms with Crippen LogP contribution in [0.5, 0.6) is 0 Å². The van der Waals surface area contributed by atoms with Gasteiger partial charge in [-0.3, -0.25) is 4.79 Å². The zero-order valence-corrected chi connectivity index (χ0v) is 9.71. The molecule has 0 unspecified atom stereocenters. The van der Waals surface area contributed by atoms with Gasteiger partial charge in [0.15, 0.2) is 0 Å². The highest BCUT2D eigenvalue weighted by molar-refractivity contribution is 5.85. The maximum atomic E-state index is 11.1. The fourth-order valence-electron chi connectivity index (χ4n) is 1.33. The van der Waals surface area contributed by atoms with Gasteiger partial charge in [0, 0.05) is 0 Å². The number of hydrogen-bond donors (Lipinski definition) is 1. The van der Waals surface area contributed by atoms with Gasteiger partial charge in [-0.2, -0.15) is 0 Å². The molecule has 15 heavy (non-hydrogen) atoms. The normalized spacial score (nSPS) is 11.4. The molecule has 3 nitrogen and oxygen atoms in total. The highest BCUT2D eigenvalue weighted by atomic mass is 35.5. The van der Waals surface area contributed by atoms with Crippen molar-refractivity contribution in [3.8, 4) is 0 Å². The summed E-state index contributed by atoms with van der Waals surface area (Å²) in [6.45, 7) is 2.01. The Labute approximate surface area is 96.0 Å². The van der Waals surface area contributed by atoms with Gasteiger partial charge in [-0.25, -0.2) is 0 Å². The van der Waals surface area contributed by atoms with Gasteiger partial charge in [0.05, 0.1) is 7.11 Å². The van der Waals surface area contributed by atoms with Gasteiger partial charge in [0.2, 0.25) is 0 Å². The molecule has 1 aromatic carbocycles. The van der Waals surface area contributed by atoms with Crippen molar-refractivity contribution in [3.63, 3.8) is 0 Å². The highest BCUT2D eigenvalue weighted by Crippen LogP contribution is 2.06. The number of nitrogens with two attached hydrogens (primary N) is 1. The number of benzene rings is 1. The lowest BCUT2D eigenvalue weighted by Crippen LogP contribution is -2.33. The second-order valence-corrected chi connectivity index (χ2v) is 3.32. The predicted molar refractivity (Wildman–Crippen MR) is 62.1 cm³/mol. The SMILES string of the molecule is COC(=O)[C@H](N)Cc1cccc(C)c1.Cl. The molecule has 1 aromatic rings. The predicted octanol–water partition coefficient (Wildman–Crippen LogP) is 1.46. The lowest BCUT2D eigenvalue weighted by Gasteiger charge is -2.09. The van der Waals surface area contributed by atoms with Gasteiger partial charge >= 0.3 is 5.97 Å². The molecular formula is C11H16ClNO2. The van der Waals surface area contributed by atoms with E-state index in [1.165, 1.54) is 12.7 Å². The fourth-order valence-corrected chi connectivity index (χ4v) is 1.33. The van der Waals surface area contributed by atoms with Crippen molar-refractivity contribution >= 4 is 18.4 Å². The Bertz CT molecular complexity index is 328. The Hall–Kier alpha value is -1.06. The van der Waals surface area contributed by atoms with Crippen molar-refractivity contribution < 1.29 is 9.53 Å². The van der Waals surface area contributed by atoms with Gasteiger partial charge in [-0.15, -0.1) is 12.4 Å². The molecule has 0 heterocycles. The first-order valence-electron chi connectivity index (χ1n) is 4.52. The average Bonchev–Trinajstić information content (AvgIpc) is 2.16. The number of carbonyl (C=O) groups is 1. The third kappa shape index (κ3) is 4.32. The maximum absolute atomic E-state index is 11.1. The van der Waals surface area contributed by atoms with Crippen molar-refractivity contribution in [2.24, 2.45) is 5.73 Å². The van der Waals surface area contributed by atoms with E-state index < -0.39 is 6.04 Å². The number of esters is 1. The minimum Gasteiger partial charge on any atom is -0.468 e. The number of carbonyl (C=O) groups excluding carboxylic acids is 1. The quantitative estimate of drug-likeness (QED) is 0.799. The number of rotatable bonds is 3. The maximum Gasteiger partial charge on any atom is 0.322 e. The molecule has 1 atom stereocenters. The van der Waals surface area contributed by atoms with Crippen LogP contribution >= 0.6 is 12.4 Å². The third-order valence-electron chi connectivity index (χ3n) is 2.04. The van der Waals surface area contributed by atoms with E-state index >= 15 is 0 Å². The smallest absolute Gasteiger partial charge is 0.322 e. The minimum atomic E-state index is -0.568. The van der Waals surface area contributed by atoms with E-state index in [1.54, 1.807) is 0 Å². The van der Waals surface area contributed by atoms with E-state index in [9.17, 15) is 4.79 Å². The minimum absolute atomic E-state index is 0. The molecule has 0 aliphatic rings. The summed E-state index contributed by atoms with van der Waals surface area (Å²) in [7, 11) is 1.35. The molecule has 0 radical (unpaired) electrons. The average molecular weight is 230 g/mol. The van der Waals surface area contributed by atoms with E-state index in [0.717, 1.165) is 5.56 Å². The van der Waals surface area contributed by atoms with Gasteiger partial charge in [-0.1, -0.05) is 29.8 Å². The molecule has 1 rings (SSSR count). The number of halogens is 1. The Morgan fingerprint density at radius 2 is 2.20 bits per heavy atom. The Morgan fingerprint density at radius 3 is 2.73 bits per heavy atom. The molecule has 0 spiro atoms. The zero-order chi connectivity index (χ0) is 10.6. The molecule has 0 amide bonds. The van der Waals surface area contributed by atoms with Gasteiger partial charge in [0.1, 0.15) is 6.04 Å². The Morgan fingerprint density at radius 1 is 1.53 bits per heavy atom. The monoisotopic (exact) mass is 229 g/mol. The highest BCUT2D eigenvalue weighted by Gasteiger charge is 2.13. The van der Waals surface area contributed by atoms with Crippen LogP contribution in [0, 0.1) is 6.92 Å². The van der Waals surface area contributed by atoms with Crippen LogP contribution in [0.2, 0.25) is 0 Å². The summed E-state index contributed by atoms with van der Waals surface area (Å²) in [5.41, 5.74) is 7.86. The van der Waals surface area contributed by atoms with E-state index in [4.69, 9.17) is 5.73 Å². The topological polar surface area (TPSA) is 52.3 Å². The number of aryl methyl sites for hydroxylation is 1. The van der Waals surface area contributed by atoms with Crippen LogP contribution < -0.4 is 5.73 Å². The molecule has 4 heteroatoms. The largest absolute Gasteiger partial charge is 0.468 e. The summed E-state index contributed by atoms with van der Waals surface area (Å²) in [5, 5.41) is 0. The summed E-state index contributed by atoms with van der Waals surface area (Å²) in [6, 6.07) is 7.36. The van der Waals surface area contributed by atoms with E-state index in [2.05, 4.69) is 4.74 Å². The molecule has 0 aliphatic heterocycles. The van der Waals surface area contributed by atoms with Gasteiger partial charge in [0.25, 0.3) is 0 Å². The van der Waals surface area contributed by atoms with E-state index in [-0.39, 0.29) is 18.4 Å². The first kappa shape index (κ1) is 13.9. The second-order valence-electron chi connectivity index (χ2n) is 3.32. The summed E-state index contributed by atoms with van der Waals surface area (Å²) >= 11 is 0. The standard InChI is InChI=1S/C11H15NO2.ClH/c1-8-4-3-5-9(6-8)7-10(12)11(13)14-2;/h3-6,10H,7,12H2,1-2H3;1H/t10-;/m1./s1. The number of ether oxygens (including phenoxy) is 1. The van der Waals surface area contributed by atoms with Crippen molar-refractivity contribution in [2.45, 2.75) is 19.4 Å². The van der Waals surface area contributed by atoms with E-state index in [1.807, 2.05) is 31.2 Å². The third-order valence-corrected chi connectivity index (χ3v) is 2.04. The van der Waals surface area contributed by atoms with Crippen molar-refractivity contribution in [1.29, 1.82) is 0 Å². The molecular weight excluding hydrogens is 214 g/mol. The molecule has 0 saturated carbocycles. The van der Waals surface area contributed by atoms with Gasteiger partial charge in [-0.05, 0) is 18.9 Å². The number of hydrogen-bond acceptors (Lipinski definition) is 3. The molecule has 2 N–H and O–H groups in total. The summed E-state index contributed by atoms with van der Waals surface area (Å²) in [4.78, 5) is 11.1. The molecule has 84 valence electrons. The Balaban J connectivity index is 0.00000196. The first-order valence-corrected chi connectivity index (χ1v) is 4.52. The molecule has 0 fully saturated rings. The molecule has 0 saturated heterocycles. The van der Waals surface area contributed by atoms with Crippen LogP contribution in [-0.2, 0) is 16.0 Å². The van der Waals surface area contributed by atoms with E-state index in [0.29, 0.717) is 6.42 Å². The first-order chi connectivity index (χ1) is 6.63. The zero-order valence-electron chi connectivity index (χ0n) is 8.90.